The summed E-state index contributed by atoms with van der Waals surface area (Å²) in [5, 5.41) is 5.78. The lowest BCUT2D eigenvalue weighted by molar-refractivity contribution is -0.122. The molecule has 1 aromatic rings. The van der Waals surface area contributed by atoms with Gasteiger partial charge in [0.15, 0.2) is 9.84 Å². The van der Waals surface area contributed by atoms with Crippen molar-refractivity contribution >= 4 is 15.7 Å². The normalized spacial score (nSPS) is 20.2. The SMILES string of the molecule is COCCC(C)(C)NC(=O)Cc1cc(=O)n(C2CCS(=O)(=O)C2)[nH]1. The highest BCUT2D eigenvalue weighted by atomic mass is 32.2. The molecule has 0 saturated carbocycles. The Kier molecular flexibility index (Phi) is 5.54. The van der Waals surface area contributed by atoms with E-state index in [0.29, 0.717) is 25.1 Å². The molecule has 0 bridgehead atoms. The van der Waals surface area contributed by atoms with E-state index in [-0.39, 0.29) is 35.4 Å². The topological polar surface area (TPSA) is 110 Å². The monoisotopic (exact) mass is 359 g/mol. The number of sulfone groups is 1. The summed E-state index contributed by atoms with van der Waals surface area (Å²) in [4.78, 5) is 24.2. The molecule has 2 rings (SSSR count). The van der Waals surface area contributed by atoms with Gasteiger partial charge in [0.2, 0.25) is 5.91 Å². The number of rotatable bonds is 7. The van der Waals surface area contributed by atoms with E-state index in [1.54, 1.807) is 7.11 Å². The summed E-state index contributed by atoms with van der Waals surface area (Å²) < 4.78 is 29.4. The zero-order valence-corrected chi connectivity index (χ0v) is 15.1. The Morgan fingerprint density at radius 1 is 1.50 bits per heavy atom. The molecule has 1 aliphatic rings. The largest absolute Gasteiger partial charge is 0.385 e. The zero-order valence-electron chi connectivity index (χ0n) is 14.3. The predicted octanol–water partition coefficient (Wildman–Crippen LogP) is 0.00980. The van der Waals surface area contributed by atoms with Crippen molar-refractivity contribution in [3.63, 3.8) is 0 Å². The summed E-state index contributed by atoms with van der Waals surface area (Å²) in [6, 6.07) is 0.976. The van der Waals surface area contributed by atoms with Gasteiger partial charge in [-0.3, -0.25) is 14.7 Å². The zero-order chi connectivity index (χ0) is 18.0. The van der Waals surface area contributed by atoms with Crippen molar-refractivity contribution in [1.29, 1.82) is 0 Å². The minimum atomic E-state index is -3.08. The molecular weight excluding hydrogens is 334 g/mol. The average molecular weight is 359 g/mol. The first-order valence-corrected chi connectivity index (χ1v) is 9.75. The van der Waals surface area contributed by atoms with Crippen molar-refractivity contribution in [3.05, 3.63) is 22.1 Å². The van der Waals surface area contributed by atoms with Crippen LogP contribution in [-0.4, -0.2) is 54.9 Å². The van der Waals surface area contributed by atoms with E-state index in [4.69, 9.17) is 4.74 Å². The Morgan fingerprint density at radius 3 is 2.79 bits per heavy atom. The maximum absolute atomic E-state index is 12.2. The summed E-state index contributed by atoms with van der Waals surface area (Å²) in [6.07, 6.45) is 1.13. The lowest BCUT2D eigenvalue weighted by atomic mass is 10.0. The predicted molar refractivity (Wildman–Crippen MR) is 89.8 cm³/mol. The molecule has 9 heteroatoms. The van der Waals surface area contributed by atoms with E-state index in [9.17, 15) is 18.0 Å². The number of hydrogen-bond donors (Lipinski definition) is 2. The van der Waals surface area contributed by atoms with Gasteiger partial charge in [0.1, 0.15) is 0 Å². The van der Waals surface area contributed by atoms with Gasteiger partial charge in [0.05, 0.1) is 24.0 Å². The Bertz CT molecular complexity index is 747. The van der Waals surface area contributed by atoms with Crippen LogP contribution in [0, 0.1) is 0 Å². The fraction of sp³-hybridized carbons (Fsp3) is 0.733. The molecule has 1 unspecified atom stereocenters. The second kappa shape index (κ2) is 7.10. The Balaban J connectivity index is 2.00. The Hall–Kier alpha value is -1.61. The van der Waals surface area contributed by atoms with Gasteiger partial charge < -0.3 is 10.1 Å². The maximum Gasteiger partial charge on any atom is 0.267 e. The summed E-state index contributed by atoms with van der Waals surface area (Å²) in [6.45, 7) is 4.35. The summed E-state index contributed by atoms with van der Waals surface area (Å²) in [5.74, 6) is -0.154. The van der Waals surface area contributed by atoms with Gasteiger partial charge in [-0.05, 0) is 26.7 Å². The number of carbonyl (C=O) groups is 1. The van der Waals surface area contributed by atoms with Crippen LogP contribution in [-0.2, 0) is 25.8 Å². The van der Waals surface area contributed by atoms with E-state index < -0.39 is 15.4 Å². The van der Waals surface area contributed by atoms with Gasteiger partial charge in [-0.2, -0.15) is 0 Å². The molecule has 24 heavy (non-hydrogen) atoms. The highest BCUT2D eigenvalue weighted by Gasteiger charge is 2.30. The lowest BCUT2D eigenvalue weighted by Gasteiger charge is -2.25. The molecule has 0 radical (unpaired) electrons. The molecule has 0 spiro atoms. The fourth-order valence-corrected chi connectivity index (χ4v) is 4.52. The van der Waals surface area contributed by atoms with Crippen molar-refractivity contribution in [2.75, 3.05) is 25.2 Å². The van der Waals surface area contributed by atoms with Crippen molar-refractivity contribution < 1.29 is 17.9 Å². The number of nitrogens with one attached hydrogen (secondary N) is 2. The standard InChI is InChI=1S/C15H25N3O5S/c1-15(2,5-6-23-3)16-13(19)8-11-9-14(20)18(17-11)12-4-7-24(21,22)10-12/h9,12,17H,4-8,10H2,1-3H3,(H,16,19). The van der Waals surface area contributed by atoms with Crippen LogP contribution in [0.15, 0.2) is 10.9 Å². The smallest absolute Gasteiger partial charge is 0.267 e. The summed E-state index contributed by atoms with van der Waals surface area (Å²) in [7, 11) is -1.47. The summed E-state index contributed by atoms with van der Waals surface area (Å²) in [5.41, 5.74) is -0.238. The van der Waals surface area contributed by atoms with Crippen LogP contribution < -0.4 is 10.9 Å². The third kappa shape index (κ3) is 4.94. The van der Waals surface area contributed by atoms with Gasteiger partial charge in [0, 0.05) is 31.0 Å². The molecule has 1 aliphatic heterocycles. The number of H-pyrrole nitrogens is 1. The first-order chi connectivity index (χ1) is 11.1. The lowest BCUT2D eigenvalue weighted by Crippen LogP contribution is -2.44. The molecule has 2 heterocycles. The second-order valence-electron chi connectivity index (χ2n) is 6.90. The third-order valence-electron chi connectivity index (χ3n) is 4.13. The number of ether oxygens (including phenoxy) is 1. The molecule has 1 saturated heterocycles. The molecule has 2 N–H and O–H groups in total. The van der Waals surface area contributed by atoms with Gasteiger partial charge in [0.25, 0.3) is 5.56 Å². The van der Waals surface area contributed by atoms with E-state index in [2.05, 4.69) is 10.4 Å². The maximum atomic E-state index is 12.2. The van der Waals surface area contributed by atoms with Crippen LogP contribution in [0.2, 0.25) is 0 Å². The van der Waals surface area contributed by atoms with Crippen molar-refractivity contribution in [2.24, 2.45) is 0 Å². The average Bonchev–Trinajstić information content (AvgIpc) is 2.98. The van der Waals surface area contributed by atoms with E-state index in [1.165, 1.54) is 10.7 Å². The highest BCUT2D eigenvalue weighted by molar-refractivity contribution is 7.91. The van der Waals surface area contributed by atoms with Gasteiger partial charge in [-0.1, -0.05) is 0 Å². The quantitative estimate of drug-likeness (QED) is 0.712. The minimum absolute atomic E-state index is 0.0386. The van der Waals surface area contributed by atoms with Crippen LogP contribution in [0.4, 0.5) is 0 Å². The highest BCUT2D eigenvalue weighted by Crippen LogP contribution is 2.21. The van der Waals surface area contributed by atoms with E-state index >= 15 is 0 Å². The molecule has 0 aliphatic carbocycles. The van der Waals surface area contributed by atoms with Crippen LogP contribution in [0.25, 0.3) is 0 Å². The first-order valence-electron chi connectivity index (χ1n) is 7.93. The number of hydrogen-bond acceptors (Lipinski definition) is 5. The van der Waals surface area contributed by atoms with Crippen LogP contribution in [0.3, 0.4) is 0 Å². The molecule has 136 valence electrons. The van der Waals surface area contributed by atoms with Gasteiger partial charge >= 0.3 is 0 Å². The molecule has 0 aromatic carbocycles. The molecule has 1 atom stereocenters. The number of nitrogens with zero attached hydrogens (tertiary/aromatic N) is 1. The number of aromatic amines is 1. The number of aromatic nitrogens is 2. The molecule has 1 amide bonds. The first kappa shape index (κ1) is 18.7. The van der Waals surface area contributed by atoms with Crippen LogP contribution in [0.5, 0.6) is 0 Å². The Labute approximate surface area is 141 Å². The third-order valence-corrected chi connectivity index (χ3v) is 5.88. The molecular formula is C15H25N3O5S. The fourth-order valence-electron chi connectivity index (χ4n) is 2.82. The minimum Gasteiger partial charge on any atom is -0.385 e. The van der Waals surface area contributed by atoms with Gasteiger partial charge in [-0.25, -0.2) is 13.1 Å². The molecule has 8 nitrogen and oxygen atoms in total. The van der Waals surface area contributed by atoms with Crippen LogP contribution >= 0.6 is 0 Å². The van der Waals surface area contributed by atoms with Crippen LogP contribution in [0.1, 0.15) is 38.4 Å². The number of methoxy groups -OCH3 is 1. The number of amides is 1. The van der Waals surface area contributed by atoms with Crippen molar-refractivity contribution in [2.45, 2.75) is 44.7 Å². The van der Waals surface area contributed by atoms with Crippen molar-refractivity contribution in [1.82, 2.24) is 15.1 Å². The Morgan fingerprint density at radius 2 is 2.21 bits per heavy atom. The van der Waals surface area contributed by atoms with Gasteiger partial charge in [-0.15, -0.1) is 0 Å². The summed E-state index contributed by atoms with van der Waals surface area (Å²) >= 11 is 0. The second-order valence-corrected chi connectivity index (χ2v) is 9.13. The van der Waals surface area contributed by atoms with E-state index in [0.717, 1.165) is 0 Å². The van der Waals surface area contributed by atoms with Crippen molar-refractivity contribution in [3.8, 4) is 0 Å². The number of carbonyl (C=O) groups excluding carboxylic acids is 1. The van der Waals surface area contributed by atoms with E-state index in [1.807, 2.05) is 13.8 Å². The molecule has 1 fully saturated rings. The molecule has 1 aromatic heterocycles.